The molecular formula is C9H10Cl3N. The van der Waals surface area contributed by atoms with Crippen molar-refractivity contribution in [3.05, 3.63) is 32.8 Å². The minimum atomic E-state index is -0.584. The molecule has 4 heteroatoms. The van der Waals surface area contributed by atoms with E-state index in [2.05, 4.69) is 0 Å². The summed E-state index contributed by atoms with van der Waals surface area (Å²) in [5.74, 6) is 0. The molecule has 1 aromatic carbocycles. The van der Waals surface area contributed by atoms with Gasteiger partial charge in [-0.25, -0.2) is 0 Å². The van der Waals surface area contributed by atoms with Crippen LogP contribution in [0.25, 0.3) is 0 Å². The van der Waals surface area contributed by atoms with Crippen molar-refractivity contribution in [1.29, 1.82) is 0 Å². The highest BCUT2D eigenvalue weighted by atomic mass is 35.5. The van der Waals surface area contributed by atoms with Crippen molar-refractivity contribution < 1.29 is 0 Å². The summed E-state index contributed by atoms with van der Waals surface area (Å²) >= 11 is 17.8. The monoisotopic (exact) mass is 237 g/mol. The molecule has 0 aliphatic carbocycles. The number of hydrogen-bond donors (Lipinski definition) is 1. The molecular weight excluding hydrogens is 228 g/mol. The van der Waals surface area contributed by atoms with Gasteiger partial charge in [-0.15, -0.1) is 0 Å². The summed E-state index contributed by atoms with van der Waals surface area (Å²) < 4.78 is 0. The fourth-order valence-corrected chi connectivity index (χ4v) is 2.13. The predicted molar refractivity (Wildman–Crippen MR) is 58.7 cm³/mol. The zero-order valence-corrected chi connectivity index (χ0v) is 9.63. The first-order valence-electron chi connectivity index (χ1n) is 3.77. The van der Waals surface area contributed by atoms with Crippen molar-refractivity contribution in [2.45, 2.75) is 19.4 Å². The van der Waals surface area contributed by atoms with Crippen molar-refractivity contribution in [3.8, 4) is 0 Å². The van der Waals surface area contributed by atoms with Gasteiger partial charge in [0, 0.05) is 16.1 Å². The van der Waals surface area contributed by atoms with Gasteiger partial charge in [0.25, 0.3) is 0 Å². The van der Waals surface area contributed by atoms with Crippen LogP contribution in [0.4, 0.5) is 0 Å². The van der Waals surface area contributed by atoms with Gasteiger partial charge in [-0.2, -0.15) is 0 Å². The Balaban J connectivity index is 3.43. The van der Waals surface area contributed by atoms with Crippen LogP contribution in [0.15, 0.2) is 12.1 Å². The molecule has 0 saturated heterocycles. The maximum absolute atomic E-state index is 5.99. The molecule has 1 aromatic rings. The predicted octanol–water partition coefficient (Wildman–Crippen LogP) is 3.84. The van der Waals surface area contributed by atoms with Gasteiger partial charge < -0.3 is 5.73 Å². The number of hydrogen-bond acceptors (Lipinski definition) is 1. The fourth-order valence-electron chi connectivity index (χ4n) is 1.12. The third-order valence-electron chi connectivity index (χ3n) is 1.69. The summed E-state index contributed by atoms with van der Waals surface area (Å²) in [6, 6.07) is 3.35. The summed E-state index contributed by atoms with van der Waals surface area (Å²) in [5, 5.41) is 1.45. The number of benzene rings is 1. The highest BCUT2D eigenvalue weighted by Gasteiger charge is 2.22. The Kier molecular flexibility index (Phi) is 3.13. The first kappa shape index (κ1) is 11.1. The van der Waals surface area contributed by atoms with E-state index in [1.165, 1.54) is 0 Å². The molecule has 0 heterocycles. The zero-order chi connectivity index (χ0) is 10.2. The Morgan fingerprint density at radius 1 is 1.08 bits per heavy atom. The van der Waals surface area contributed by atoms with E-state index < -0.39 is 5.54 Å². The van der Waals surface area contributed by atoms with Crippen molar-refractivity contribution >= 4 is 34.8 Å². The summed E-state index contributed by atoms with van der Waals surface area (Å²) in [6.07, 6.45) is 0. The van der Waals surface area contributed by atoms with Crippen LogP contribution in [0, 0.1) is 0 Å². The largest absolute Gasteiger partial charge is 0.322 e. The lowest BCUT2D eigenvalue weighted by Gasteiger charge is -2.22. The van der Waals surface area contributed by atoms with E-state index in [9.17, 15) is 0 Å². The lowest BCUT2D eigenvalue weighted by atomic mass is 9.95. The molecule has 0 bridgehead atoms. The van der Waals surface area contributed by atoms with E-state index in [0.29, 0.717) is 20.6 Å². The van der Waals surface area contributed by atoms with Crippen LogP contribution in [-0.4, -0.2) is 0 Å². The molecule has 0 fully saturated rings. The topological polar surface area (TPSA) is 26.0 Å². The minimum Gasteiger partial charge on any atom is -0.322 e. The first-order valence-corrected chi connectivity index (χ1v) is 4.90. The Bertz CT molecular complexity index is 328. The molecule has 0 aliphatic rings. The van der Waals surface area contributed by atoms with Crippen LogP contribution < -0.4 is 5.73 Å². The maximum atomic E-state index is 5.99. The number of halogens is 3. The summed E-state index contributed by atoms with van der Waals surface area (Å²) in [7, 11) is 0. The van der Waals surface area contributed by atoms with E-state index in [1.54, 1.807) is 12.1 Å². The summed E-state index contributed by atoms with van der Waals surface area (Å²) in [5.41, 5.74) is 6.00. The molecule has 0 spiro atoms. The lowest BCUT2D eigenvalue weighted by Crippen LogP contribution is -2.29. The second-order valence-corrected chi connectivity index (χ2v) is 4.63. The second-order valence-electron chi connectivity index (χ2n) is 3.44. The van der Waals surface area contributed by atoms with Crippen LogP contribution in [-0.2, 0) is 5.54 Å². The summed E-state index contributed by atoms with van der Waals surface area (Å²) in [6.45, 7) is 3.66. The molecule has 0 amide bonds. The number of nitrogens with two attached hydrogens (primary N) is 1. The minimum absolute atomic E-state index is 0.432. The Labute approximate surface area is 92.8 Å². The van der Waals surface area contributed by atoms with Crippen molar-refractivity contribution in [1.82, 2.24) is 0 Å². The van der Waals surface area contributed by atoms with Crippen molar-refractivity contribution in [2.75, 3.05) is 0 Å². The highest BCUT2D eigenvalue weighted by molar-refractivity contribution is 6.44. The van der Waals surface area contributed by atoms with Gasteiger partial charge in [0.1, 0.15) is 0 Å². The van der Waals surface area contributed by atoms with Gasteiger partial charge in [-0.3, -0.25) is 0 Å². The van der Waals surface area contributed by atoms with Crippen LogP contribution in [0.1, 0.15) is 19.4 Å². The molecule has 0 radical (unpaired) electrons. The van der Waals surface area contributed by atoms with E-state index in [4.69, 9.17) is 40.5 Å². The number of rotatable bonds is 1. The molecule has 72 valence electrons. The molecule has 1 nitrogen and oxygen atoms in total. The fraction of sp³-hybridized carbons (Fsp3) is 0.333. The molecule has 0 atom stereocenters. The van der Waals surface area contributed by atoms with Crippen molar-refractivity contribution in [3.63, 3.8) is 0 Å². The van der Waals surface area contributed by atoms with Gasteiger partial charge >= 0.3 is 0 Å². The molecule has 0 saturated carbocycles. The second kappa shape index (κ2) is 3.66. The molecule has 13 heavy (non-hydrogen) atoms. The average molecular weight is 239 g/mol. The third-order valence-corrected chi connectivity index (χ3v) is 2.81. The van der Waals surface area contributed by atoms with Crippen LogP contribution in [0.5, 0.6) is 0 Å². The summed E-state index contributed by atoms with van der Waals surface area (Å²) in [4.78, 5) is 0. The van der Waals surface area contributed by atoms with Gasteiger partial charge in [-0.05, 0) is 26.0 Å². The average Bonchev–Trinajstić information content (AvgIpc) is 1.95. The van der Waals surface area contributed by atoms with Gasteiger partial charge in [0.15, 0.2) is 0 Å². The first-order chi connectivity index (χ1) is 5.84. The van der Waals surface area contributed by atoms with Crippen LogP contribution in [0.2, 0.25) is 15.1 Å². The smallest absolute Gasteiger partial charge is 0.0657 e. The Morgan fingerprint density at radius 3 is 1.92 bits per heavy atom. The standard InChI is InChI=1S/C9H10Cl3N/c1-9(2,13)7-5(10)3-4-6(11)8(7)12/h3-4H,13H2,1-2H3. The molecule has 1 rings (SSSR count). The third kappa shape index (κ3) is 2.29. The highest BCUT2D eigenvalue weighted by Crippen LogP contribution is 2.36. The van der Waals surface area contributed by atoms with Gasteiger partial charge in [0.2, 0.25) is 0 Å². The van der Waals surface area contributed by atoms with E-state index in [1.807, 2.05) is 13.8 Å². The van der Waals surface area contributed by atoms with E-state index in [0.717, 1.165) is 0 Å². The van der Waals surface area contributed by atoms with Crippen LogP contribution >= 0.6 is 34.8 Å². The molecule has 0 aliphatic heterocycles. The molecule has 0 aromatic heterocycles. The lowest BCUT2D eigenvalue weighted by molar-refractivity contribution is 0.555. The normalized spacial score (nSPS) is 11.8. The van der Waals surface area contributed by atoms with E-state index in [-0.39, 0.29) is 0 Å². The van der Waals surface area contributed by atoms with Crippen LogP contribution in [0.3, 0.4) is 0 Å². The Hall–Kier alpha value is 0.0500. The van der Waals surface area contributed by atoms with Gasteiger partial charge in [0.05, 0.1) is 10.0 Å². The maximum Gasteiger partial charge on any atom is 0.0657 e. The molecule has 2 N–H and O–H groups in total. The van der Waals surface area contributed by atoms with Crippen molar-refractivity contribution in [2.24, 2.45) is 5.73 Å². The van der Waals surface area contributed by atoms with E-state index >= 15 is 0 Å². The van der Waals surface area contributed by atoms with Gasteiger partial charge in [-0.1, -0.05) is 34.8 Å². The Morgan fingerprint density at radius 2 is 1.54 bits per heavy atom. The quantitative estimate of drug-likeness (QED) is 0.739. The molecule has 0 unspecified atom stereocenters. The zero-order valence-electron chi connectivity index (χ0n) is 7.37. The SMILES string of the molecule is CC(C)(N)c1c(Cl)ccc(Cl)c1Cl.